The molecule has 5 rings (SSSR count). The first kappa shape index (κ1) is 21.8. The van der Waals surface area contributed by atoms with Crippen LogP contribution in [0.1, 0.15) is 132 Å². The maximum Gasteiger partial charge on any atom is -0.0235 e. The first-order valence-electron chi connectivity index (χ1n) is 13.8. The SMILES string of the molecule is CC1(C)CCC[C@@]2(C)[C@@H]1CC[C@]1(C)[C@@H]2CC[C@@H]2[C@]3(C)CCCC(C)(C)[C@@H]3CC[C@@]21C. The van der Waals surface area contributed by atoms with E-state index in [9.17, 15) is 0 Å². The minimum atomic E-state index is 0.559. The maximum atomic E-state index is 2.81. The van der Waals surface area contributed by atoms with Gasteiger partial charge in [-0.1, -0.05) is 68.2 Å². The molecule has 0 heteroatoms. The normalized spacial score (nSPS) is 56.8. The summed E-state index contributed by atoms with van der Waals surface area (Å²) in [6.45, 7) is 21.6. The van der Waals surface area contributed by atoms with Crippen LogP contribution in [-0.4, -0.2) is 0 Å². The second-order valence-corrected chi connectivity index (χ2v) is 15.4. The van der Waals surface area contributed by atoms with Crippen molar-refractivity contribution in [3.63, 3.8) is 0 Å². The zero-order chi connectivity index (χ0) is 21.8. The quantitative estimate of drug-likeness (QED) is 0.372. The second kappa shape index (κ2) is 6.32. The van der Waals surface area contributed by atoms with Crippen molar-refractivity contribution in [2.75, 3.05) is 0 Å². The molecule has 5 fully saturated rings. The Balaban J connectivity index is 1.55. The van der Waals surface area contributed by atoms with E-state index in [-0.39, 0.29) is 0 Å². The molecule has 0 radical (unpaired) electrons. The van der Waals surface area contributed by atoms with Gasteiger partial charge in [0.15, 0.2) is 0 Å². The predicted octanol–water partition coefficient (Wildman–Crippen LogP) is 9.28. The molecule has 5 saturated carbocycles. The molecule has 172 valence electrons. The topological polar surface area (TPSA) is 0 Å². The summed E-state index contributed by atoms with van der Waals surface area (Å²) in [7, 11) is 0. The molecule has 0 nitrogen and oxygen atoms in total. The third-order valence-electron chi connectivity index (χ3n) is 13.6. The van der Waals surface area contributed by atoms with Crippen molar-refractivity contribution >= 4 is 0 Å². The summed E-state index contributed by atoms with van der Waals surface area (Å²) in [5.41, 5.74) is 3.42. The first-order chi connectivity index (χ1) is 13.8. The van der Waals surface area contributed by atoms with E-state index in [2.05, 4.69) is 55.4 Å². The lowest BCUT2D eigenvalue weighted by Crippen LogP contribution is -2.67. The van der Waals surface area contributed by atoms with Crippen LogP contribution in [0.2, 0.25) is 0 Å². The summed E-state index contributed by atoms with van der Waals surface area (Å²) >= 11 is 0. The molecule has 0 aromatic rings. The minimum Gasteiger partial charge on any atom is -0.0596 e. The summed E-state index contributed by atoms with van der Waals surface area (Å²) in [5, 5.41) is 0. The molecular weight excluding hydrogens is 360 g/mol. The van der Waals surface area contributed by atoms with E-state index in [0.29, 0.717) is 32.5 Å². The largest absolute Gasteiger partial charge is 0.0596 e. The van der Waals surface area contributed by atoms with Crippen LogP contribution < -0.4 is 0 Å². The van der Waals surface area contributed by atoms with Crippen molar-refractivity contribution < 1.29 is 0 Å². The Bertz CT molecular complexity index is 641. The van der Waals surface area contributed by atoms with Gasteiger partial charge in [-0.3, -0.25) is 0 Å². The van der Waals surface area contributed by atoms with Crippen molar-refractivity contribution in [3.05, 3.63) is 0 Å². The fourth-order valence-electron chi connectivity index (χ4n) is 12.3. The van der Waals surface area contributed by atoms with Crippen molar-refractivity contribution in [2.45, 2.75) is 132 Å². The van der Waals surface area contributed by atoms with E-state index in [4.69, 9.17) is 0 Å². The highest BCUT2D eigenvalue weighted by Gasteiger charge is 2.70. The highest BCUT2D eigenvalue weighted by molar-refractivity contribution is 5.18. The lowest BCUT2D eigenvalue weighted by Gasteiger charge is -2.74. The summed E-state index contributed by atoms with van der Waals surface area (Å²) in [5.74, 6) is 3.83. The average Bonchev–Trinajstić information content (AvgIpc) is 2.61. The summed E-state index contributed by atoms with van der Waals surface area (Å²) in [6, 6.07) is 0. The molecule has 5 aliphatic rings. The van der Waals surface area contributed by atoms with Gasteiger partial charge in [0, 0.05) is 0 Å². The van der Waals surface area contributed by atoms with Crippen LogP contribution in [0.3, 0.4) is 0 Å². The Kier molecular flexibility index (Phi) is 4.59. The molecule has 0 aromatic carbocycles. The summed E-state index contributed by atoms with van der Waals surface area (Å²) in [4.78, 5) is 0. The van der Waals surface area contributed by atoms with E-state index in [1.165, 1.54) is 77.0 Å². The van der Waals surface area contributed by atoms with Crippen LogP contribution in [-0.2, 0) is 0 Å². The summed E-state index contributed by atoms with van der Waals surface area (Å²) in [6.07, 6.45) is 18.0. The van der Waals surface area contributed by atoms with Crippen molar-refractivity contribution in [2.24, 2.45) is 56.2 Å². The summed E-state index contributed by atoms with van der Waals surface area (Å²) < 4.78 is 0. The van der Waals surface area contributed by atoms with Gasteiger partial charge >= 0.3 is 0 Å². The van der Waals surface area contributed by atoms with Gasteiger partial charge in [0.25, 0.3) is 0 Å². The Labute approximate surface area is 188 Å². The third kappa shape index (κ3) is 2.52. The fourth-order valence-corrected chi connectivity index (χ4v) is 12.3. The molecule has 0 N–H and O–H groups in total. The van der Waals surface area contributed by atoms with E-state index in [1.54, 1.807) is 0 Å². The van der Waals surface area contributed by atoms with Gasteiger partial charge in [-0.25, -0.2) is 0 Å². The number of hydrogen-bond donors (Lipinski definition) is 0. The average molecular weight is 413 g/mol. The predicted molar refractivity (Wildman–Crippen MR) is 129 cm³/mol. The van der Waals surface area contributed by atoms with Crippen molar-refractivity contribution in [3.8, 4) is 0 Å². The van der Waals surface area contributed by atoms with E-state index in [0.717, 1.165) is 23.7 Å². The van der Waals surface area contributed by atoms with Gasteiger partial charge in [-0.15, -0.1) is 0 Å². The third-order valence-corrected chi connectivity index (χ3v) is 13.6. The lowest BCUT2D eigenvalue weighted by atomic mass is 9.30. The Morgan fingerprint density at radius 1 is 0.400 bits per heavy atom. The molecular formula is C30H52. The maximum absolute atomic E-state index is 2.81. The highest BCUT2D eigenvalue weighted by atomic mass is 14.7. The minimum absolute atomic E-state index is 0.559. The molecule has 0 aromatic heterocycles. The van der Waals surface area contributed by atoms with Gasteiger partial charge in [0.1, 0.15) is 0 Å². The standard InChI is InChI=1S/C30H52/c1-25(2)15-9-17-27(5)21(25)13-19-29(7)23(27)11-12-24-28(6)18-10-16-26(3,4)22(28)14-20-30(24,29)8/h21-24H,9-20H2,1-8H3/t21-,22+,23-,24-,27+,28-,29-,30+/m1/s1. The van der Waals surface area contributed by atoms with E-state index >= 15 is 0 Å². The van der Waals surface area contributed by atoms with Crippen LogP contribution in [0.15, 0.2) is 0 Å². The molecule has 0 saturated heterocycles. The zero-order valence-electron chi connectivity index (χ0n) is 21.8. The van der Waals surface area contributed by atoms with Crippen LogP contribution in [0.25, 0.3) is 0 Å². The fraction of sp³-hybridized carbons (Fsp3) is 1.00. The zero-order valence-corrected chi connectivity index (χ0v) is 21.8. The molecule has 0 aliphatic heterocycles. The van der Waals surface area contributed by atoms with Crippen LogP contribution in [0.4, 0.5) is 0 Å². The Morgan fingerprint density at radius 3 is 1.13 bits per heavy atom. The molecule has 8 atom stereocenters. The molecule has 0 amide bonds. The lowest BCUT2D eigenvalue weighted by molar-refractivity contribution is -0.256. The molecule has 5 aliphatic carbocycles. The highest BCUT2D eigenvalue weighted by Crippen LogP contribution is 2.78. The molecule has 0 unspecified atom stereocenters. The van der Waals surface area contributed by atoms with Gasteiger partial charge < -0.3 is 0 Å². The number of fused-ring (bicyclic) bond motifs is 7. The van der Waals surface area contributed by atoms with Gasteiger partial charge in [-0.05, 0) is 120 Å². The van der Waals surface area contributed by atoms with Gasteiger partial charge in [0.2, 0.25) is 0 Å². The molecule has 30 heavy (non-hydrogen) atoms. The van der Waals surface area contributed by atoms with Crippen LogP contribution in [0.5, 0.6) is 0 Å². The monoisotopic (exact) mass is 412 g/mol. The second-order valence-electron chi connectivity index (χ2n) is 15.4. The number of hydrogen-bond acceptors (Lipinski definition) is 0. The van der Waals surface area contributed by atoms with E-state index < -0.39 is 0 Å². The molecule has 0 bridgehead atoms. The van der Waals surface area contributed by atoms with Crippen LogP contribution >= 0.6 is 0 Å². The van der Waals surface area contributed by atoms with Crippen LogP contribution in [0, 0.1) is 56.2 Å². The first-order valence-corrected chi connectivity index (χ1v) is 13.8. The number of rotatable bonds is 0. The van der Waals surface area contributed by atoms with Gasteiger partial charge in [0.05, 0.1) is 0 Å². The smallest absolute Gasteiger partial charge is 0.0235 e. The Morgan fingerprint density at radius 2 is 0.767 bits per heavy atom. The molecule has 0 heterocycles. The van der Waals surface area contributed by atoms with Gasteiger partial charge in [-0.2, -0.15) is 0 Å². The Hall–Kier alpha value is 0. The van der Waals surface area contributed by atoms with Crippen molar-refractivity contribution in [1.82, 2.24) is 0 Å². The molecule has 0 spiro atoms. The van der Waals surface area contributed by atoms with E-state index in [1.807, 2.05) is 0 Å². The van der Waals surface area contributed by atoms with Crippen molar-refractivity contribution in [1.29, 1.82) is 0 Å².